The normalized spacial score (nSPS) is 18.9. The molecule has 3 aromatic carbocycles. The molecular weight excluding hydrogens is 607 g/mol. The minimum atomic E-state index is -3.60. The number of methoxy groups -OCH3 is 1. The monoisotopic (exact) mass is 640 g/mol. The van der Waals surface area contributed by atoms with Crippen LogP contribution in [0.4, 0.5) is 4.39 Å². The quantitative estimate of drug-likeness (QED) is 0.391. The van der Waals surface area contributed by atoms with Gasteiger partial charge in [0.15, 0.2) is 6.61 Å². The number of hydrogen-bond donors (Lipinski definition) is 3. The summed E-state index contributed by atoms with van der Waals surface area (Å²) in [5.41, 5.74) is 1.64. The second kappa shape index (κ2) is 13.5. The lowest BCUT2D eigenvalue weighted by Gasteiger charge is -2.39. The Hall–Kier alpha value is -4.69. The third-order valence-electron chi connectivity index (χ3n) is 7.47. The van der Waals surface area contributed by atoms with Crippen LogP contribution in [0.15, 0.2) is 60.7 Å². The molecule has 0 spiro atoms. The Morgan fingerprint density at radius 3 is 2.67 bits per heavy atom. The molecule has 238 valence electrons. The van der Waals surface area contributed by atoms with Crippen molar-refractivity contribution in [3.8, 4) is 28.4 Å². The maximum absolute atomic E-state index is 15.1. The summed E-state index contributed by atoms with van der Waals surface area (Å²) in [4.78, 5) is 40.4. The van der Waals surface area contributed by atoms with Crippen LogP contribution in [0.1, 0.15) is 22.3 Å². The largest absolute Gasteiger partial charge is 0.496 e. The number of carbonyl (C=O) groups is 3. The van der Waals surface area contributed by atoms with E-state index in [0.29, 0.717) is 33.9 Å². The summed E-state index contributed by atoms with van der Waals surface area (Å²) in [6.07, 6.45) is 0.599. The van der Waals surface area contributed by atoms with Crippen molar-refractivity contribution in [2.24, 2.45) is 0 Å². The summed E-state index contributed by atoms with van der Waals surface area (Å²) >= 11 is 0. The number of nitrogens with zero attached hydrogens (tertiary/aromatic N) is 1. The maximum atomic E-state index is 15.1. The van der Waals surface area contributed by atoms with Gasteiger partial charge in [-0.1, -0.05) is 18.2 Å². The molecule has 3 aromatic rings. The summed E-state index contributed by atoms with van der Waals surface area (Å²) in [7, 11) is -2.12. The first-order valence-corrected chi connectivity index (χ1v) is 16.0. The van der Waals surface area contributed by atoms with E-state index < -0.39 is 46.3 Å². The first kappa shape index (κ1) is 31.7. The van der Waals surface area contributed by atoms with Gasteiger partial charge in [0.25, 0.3) is 11.8 Å². The molecule has 3 N–H and O–H groups in total. The molecule has 6 bridgehead atoms. The van der Waals surface area contributed by atoms with Crippen LogP contribution < -0.4 is 29.6 Å². The van der Waals surface area contributed by atoms with Crippen molar-refractivity contribution in [2.75, 3.05) is 39.6 Å². The van der Waals surface area contributed by atoms with Gasteiger partial charge in [0.05, 0.1) is 31.5 Å². The number of fused-ring (bicyclic) bond motifs is 7. The average Bonchev–Trinajstić information content (AvgIpc) is 3.02. The molecule has 0 aromatic heterocycles. The Morgan fingerprint density at radius 1 is 1.09 bits per heavy atom. The highest BCUT2D eigenvalue weighted by Crippen LogP contribution is 2.29. The molecule has 0 unspecified atom stereocenters. The summed E-state index contributed by atoms with van der Waals surface area (Å²) in [5.74, 6) is -1.03. The van der Waals surface area contributed by atoms with E-state index in [1.54, 1.807) is 42.5 Å². The lowest BCUT2D eigenvalue weighted by atomic mass is 9.99. The highest BCUT2D eigenvalue weighted by atomic mass is 32.2. The topological polar surface area (TPSA) is 152 Å². The number of rotatable bonds is 4. The summed E-state index contributed by atoms with van der Waals surface area (Å²) < 4.78 is 57.8. The molecule has 1 saturated heterocycles. The fourth-order valence-electron chi connectivity index (χ4n) is 5.14. The molecule has 12 nitrogen and oxygen atoms in total. The molecule has 14 heteroatoms. The Labute approximate surface area is 259 Å². The number of carbonyl (C=O) groups excluding carboxylic acids is 3. The lowest BCUT2D eigenvalue weighted by molar-refractivity contribution is -0.132. The number of amides is 3. The van der Waals surface area contributed by atoms with Gasteiger partial charge in [-0.3, -0.25) is 14.4 Å². The number of nitrogens with one attached hydrogen (secondary N) is 3. The molecule has 6 rings (SSSR count). The zero-order valence-electron chi connectivity index (χ0n) is 24.7. The predicted molar refractivity (Wildman–Crippen MR) is 162 cm³/mol. The van der Waals surface area contributed by atoms with Gasteiger partial charge in [0.1, 0.15) is 29.2 Å². The highest BCUT2D eigenvalue weighted by Gasteiger charge is 2.35. The Kier molecular flexibility index (Phi) is 9.54. The standard InChI is InChI=1S/C31H33FN4O8S/c1-42-28-14-23-8-6-21(28)15-33-29(37)18-43-22-5-3-4-19(12-22)20-7-9-25(32)24(13-20)31(39)35-26-17-36(11-10-27(26)44-23)30(38)16-34-45(2,40)41/h3-9,12-14,26-27,34H,10-11,15-18H2,1-2H3,(H,33,37)(H,35,39)/t26-,27+/m1/s1. The van der Waals surface area contributed by atoms with Crippen molar-refractivity contribution in [3.05, 3.63) is 77.6 Å². The van der Waals surface area contributed by atoms with E-state index in [2.05, 4.69) is 15.4 Å². The van der Waals surface area contributed by atoms with Crippen molar-refractivity contribution < 1.29 is 41.4 Å². The van der Waals surface area contributed by atoms with Crippen molar-refractivity contribution in [1.82, 2.24) is 20.3 Å². The van der Waals surface area contributed by atoms with Crippen molar-refractivity contribution in [3.63, 3.8) is 0 Å². The van der Waals surface area contributed by atoms with Gasteiger partial charge in [-0.25, -0.2) is 17.5 Å². The highest BCUT2D eigenvalue weighted by molar-refractivity contribution is 7.88. The second-order valence-corrected chi connectivity index (χ2v) is 12.6. The van der Waals surface area contributed by atoms with E-state index in [1.165, 1.54) is 30.2 Å². The fourth-order valence-corrected chi connectivity index (χ4v) is 5.53. The number of piperidine rings is 1. The third-order valence-corrected chi connectivity index (χ3v) is 8.14. The predicted octanol–water partition coefficient (Wildman–Crippen LogP) is 1.84. The van der Waals surface area contributed by atoms with E-state index in [-0.39, 0.29) is 44.1 Å². The number of ether oxygens (including phenoxy) is 3. The van der Waals surface area contributed by atoms with Crippen LogP contribution in [0.3, 0.4) is 0 Å². The molecule has 0 saturated carbocycles. The first-order chi connectivity index (χ1) is 21.5. The van der Waals surface area contributed by atoms with E-state index in [0.717, 1.165) is 6.26 Å². The summed E-state index contributed by atoms with van der Waals surface area (Å²) in [6.45, 7) is -0.297. The van der Waals surface area contributed by atoms with Crippen LogP contribution in [-0.4, -0.2) is 82.8 Å². The van der Waals surface area contributed by atoms with Crippen LogP contribution in [-0.2, 0) is 26.2 Å². The molecule has 0 radical (unpaired) electrons. The van der Waals surface area contributed by atoms with Gasteiger partial charge in [-0.15, -0.1) is 0 Å². The van der Waals surface area contributed by atoms with Gasteiger partial charge < -0.3 is 29.7 Å². The number of halogens is 1. The van der Waals surface area contributed by atoms with Crippen molar-refractivity contribution in [2.45, 2.75) is 25.1 Å². The molecule has 3 amide bonds. The van der Waals surface area contributed by atoms with Gasteiger partial charge in [-0.05, 0) is 47.5 Å². The van der Waals surface area contributed by atoms with Crippen LogP contribution in [0.25, 0.3) is 11.1 Å². The molecular formula is C31H33FN4O8S. The van der Waals surface area contributed by atoms with Crippen LogP contribution in [0.2, 0.25) is 0 Å². The van der Waals surface area contributed by atoms with Crippen LogP contribution in [0.5, 0.6) is 17.2 Å². The number of hydrogen-bond acceptors (Lipinski definition) is 8. The first-order valence-electron chi connectivity index (χ1n) is 14.2. The Morgan fingerprint density at radius 2 is 1.89 bits per heavy atom. The average molecular weight is 641 g/mol. The van der Waals surface area contributed by atoms with Gasteiger partial charge in [0.2, 0.25) is 15.9 Å². The molecule has 0 aliphatic carbocycles. The Bertz CT molecular complexity index is 1720. The lowest BCUT2D eigenvalue weighted by Crippen LogP contribution is -2.59. The maximum Gasteiger partial charge on any atom is 0.258 e. The SMILES string of the molecule is COc1cc2ccc1CNC(=O)COc1cccc(c1)-c1ccc(F)c(c1)C(=O)N[C@@H]1CN(C(=O)CNS(C)(=O)=O)CC[C@@H]1O2. The van der Waals surface area contributed by atoms with Crippen molar-refractivity contribution in [1.29, 1.82) is 0 Å². The van der Waals surface area contributed by atoms with Crippen molar-refractivity contribution >= 4 is 27.7 Å². The second-order valence-electron chi connectivity index (χ2n) is 10.7. The van der Waals surface area contributed by atoms with Crippen LogP contribution in [0, 0.1) is 5.82 Å². The zero-order chi connectivity index (χ0) is 32.1. The summed E-state index contributed by atoms with van der Waals surface area (Å²) in [5, 5.41) is 5.65. The minimum Gasteiger partial charge on any atom is -0.496 e. The fraction of sp³-hybridized carbons (Fsp3) is 0.323. The molecule has 3 aliphatic heterocycles. The van der Waals surface area contributed by atoms with Gasteiger partial charge in [0, 0.05) is 37.7 Å². The third kappa shape index (κ3) is 8.08. The number of likely N-dealkylation sites (tertiary alicyclic amines) is 1. The van der Waals surface area contributed by atoms with Gasteiger partial charge >= 0.3 is 0 Å². The zero-order valence-corrected chi connectivity index (χ0v) is 25.5. The number of sulfonamides is 1. The van der Waals surface area contributed by atoms with E-state index in [9.17, 15) is 22.8 Å². The minimum absolute atomic E-state index is 0.0113. The van der Waals surface area contributed by atoms with Gasteiger partial charge in [-0.2, -0.15) is 0 Å². The molecule has 3 heterocycles. The van der Waals surface area contributed by atoms with E-state index in [4.69, 9.17) is 14.2 Å². The Balaban J connectivity index is 1.49. The molecule has 1 fully saturated rings. The number of benzene rings is 3. The van der Waals surface area contributed by atoms with Crippen LogP contribution >= 0.6 is 0 Å². The smallest absolute Gasteiger partial charge is 0.258 e. The summed E-state index contributed by atoms with van der Waals surface area (Å²) in [6, 6.07) is 15.3. The molecule has 3 aliphatic rings. The molecule has 45 heavy (non-hydrogen) atoms. The van der Waals surface area contributed by atoms with E-state index >= 15 is 4.39 Å². The molecule has 2 atom stereocenters. The van der Waals surface area contributed by atoms with E-state index in [1.807, 2.05) is 0 Å².